The molecule has 17 heavy (non-hydrogen) atoms. The molecule has 0 aromatic heterocycles. The third kappa shape index (κ3) is 5.07. The first kappa shape index (κ1) is 14.5. The van der Waals surface area contributed by atoms with Gasteiger partial charge < -0.3 is 10.0 Å². The molecule has 0 atom stereocenters. The first-order valence-electron chi connectivity index (χ1n) is 6.93. The average Bonchev–Trinajstić information content (AvgIpc) is 2.28. The van der Waals surface area contributed by atoms with Crippen molar-refractivity contribution in [1.29, 1.82) is 0 Å². The van der Waals surface area contributed by atoms with Gasteiger partial charge in [0.25, 0.3) is 0 Å². The molecule has 0 radical (unpaired) electrons. The summed E-state index contributed by atoms with van der Waals surface area (Å²) < 4.78 is 0. The molecule has 0 unspecified atom stereocenters. The lowest BCUT2D eigenvalue weighted by molar-refractivity contribution is -0.135. The van der Waals surface area contributed by atoms with Gasteiger partial charge in [-0.1, -0.05) is 13.8 Å². The van der Waals surface area contributed by atoms with Gasteiger partial charge in [-0.05, 0) is 44.4 Å². The van der Waals surface area contributed by atoms with E-state index in [0.29, 0.717) is 5.92 Å². The van der Waals surface area contributed by atoms with Crippen molar-refractivity contribution in [1.82, 2.24) is 4.90 Å². The second kappa shape index (κ2) is 7.00. The number of carbonyl (C=O) groups is 1. The number of rotatable bonds is 5. The van der Waals surface area contributed by atoms with Crippen LogP contribution in [0.15, 0.2) is 0 Å². The molecule has 100 valence electrons. The predicted octanol–water partition coefficient (Wildman–Crippen LogP) is 2.43. The maximum absolute atomic E-state index is 12.1. The Morgan fingerprint density at radius 3 is 2.41 bits per heavy atom. The van der Waals surface area contributed by atoms with Crippen LogP contribution in [-0.2, 0) is 4.79 Å². The van der Waals surface area contributed by atoms with Gasteiger partial charge in [0.2, 0.25) is 5.91 Å². The number of aliphatic hydroxyl groups is 1. The van der Waals surface area contributed by atoms with Gasteiger partial charge in [0, 0.05) is 19.5 Å². The van der Waals surface area contributed by atoms with Gasteiger partial charge in [0.05, 0.1) is 6.10 Å². The Morgan fingerprint density at radius 1 is 1.29 bits per heavy atom. The minimum Gasteiger partial charge on any atom is -0.393 e. The number of hydrogen-bond acceptors (Lipinski definition) is 2. The number of nitrogens with zero attached hydrogens (tertiary/aromatic N) is 1. The normalized spacial score (nSPS) is 25.0. The number of carbonyl (C=O) groups excluding carboxylic acids is 1. The van der Waals surface area contributed by atoms with Crippen LogP contribution in [0.1, 0.15) is 52.4 Å². The van der Waals surface area contributed by atoms with Gasteiger partial charge in [-0.25, -0.2) is 0 Å². The highest BCUT2D eigenvalue weighted by Gasteiger charge is 2.26. The molecule has 1 rings (SSSR count). The molecule has 0 aliphatic heterocycles. The van der Waals surface area contributed by atoms with Gasteiger partial charge >= 0.3 is 0 Å². The van der Waals surface area contributed by atoms with E-state index in [-0.39, 0.29) is 17.9 Å². The molecular weight excluding hydrogens is 214 g/mol. The Balaban J connectivity index is 2.26. The summed E-state index contributed by atoms with van der Waals surface area (Å²) in [5.74, 6) is 1.14. The van der Waals surface area contributed by atoms with Crippen molar-refractivity contribution in [3.05, 3.63) is 0 Å². The summed E-state index contributed by atoms with van der Waals surface area (Å²) in [5, 5.41) is 9.42. The summed E-state index contributed by atoms with van der Waals surface area (Å²) in [4.78, 5) is 14.0. The fourth-order valence-electron chi connectivity index (χ4n) is 2.48. The second-order valence-electron chi connectivity index (χ2n) is 5.80. The lowest BCUT2D eigenvalue weighted by Crippen LogP contribution is -2.36. The maximum atomic E-state index is 12.1. The van der Waals surface area contributed by atoms with Crippen LogP contribution in [0.2, 0.25) is 0 Å². The van der Waals surface area contributed by atoms with E-state index in [4.69, 9.17) is 0 Å². The average molecular weight is 241 g/mol. The minimum absolute atomic E-state index is 0.155. The first-order chi connectivity index (χ1) is 8.00. The molecule has 3 heteroatoms. The van der Waals surface area contributed by atoms with E-state index >= 15 is 0 Å². The SMILES string of the molecule is CC(C)CCCN(C)C(=O)C1CCC(O)CC1. The smallest absolute Gasteiger partial charge is 0.225 e. The van der Waals surface area contributed by atoms with Crippen LogP contribution in [0, 0.1) is 11.8 Å². The van der Waals surface area contributed by atoms with Crippen LogP contribution in [0.4, 0.5) is 0 Å². The quantitative estimate of drug-likeness (QED) is 0.803. The first-order valence-corrected chi connectivity index (χ1v) is 6.93. The minimum atomic E-state index is -0.176. The van der Waals surface area contributed by atoms with Crippen molar-refractivity contribution >= 4 is 5.91 Å². The van der Waals surface area contributed by atoms with E-state index in [1.807, 2.05) is 11.9 Å². The molecule has 1 aliphatic carbocycles. The second-order valence-corrected chi connectivity index (χ2v) is 5.80. The van der Waals surface area contributed by atoms with E-state index < -0.39 is 0 Å². The fraction of sp³-hybridized carbons (Fsp3) is 0.929. The fourth-order valence-corrected chi connectivity index (χ4v) is 2.48. The molecule has 1 fully saturated rings. The summed E-state index contributed by atoms with van der Waals surface area (Å²) in [7, 11) is 1.91. The highest BCUT2D eigenvalue weighted by atomic mass is 16.3. The van der Waals surface area contributed by atoms with E-state index in [1.165, 1.54) is 6.42 Å². The lowest BCUT2D eigenvalue weighted by atomic mass is 9.86. The Labute approximate surface area is 105 Å². The molecule has 0 aromatic carbocycles. The topological polar surface area (TPSA) is 40.5 Å². The molecule has 1 saturated carbocycles. The van der Waals surface area contributed by atoms with Crippen molar-refractivity contribution in [2.24, 2.45) is 11.8 Å². The monoisotopic (exact) mass is 241 g/mol. The molecule has 1 aliphatic rings. The molecular formula is C14H27NO2. The van der Waals surface area contributed by atoms with Crippen LogP contribution < -0.4 is 0 Å². The van der Waals surface area contributed by atoms with Crippen molar-refractivity contribution < 1.29 is 9.90 Å². The van der Waals surface area contributed by atoms with E-state index in [0.717, 1.165) is 38.6 Å². The summed E-state index contributed by atoms with van der Waals surface area (Å²) in [6.07, 6.45) is 5.39. The Hall–Kier alpha value is -0.570. The van der Waals surface area contributed by atoms with Crippen molar-refractivity contribution in [3.8, 4) is 0 Å². The zero-order valence-corrected chi connectivity index (χ0v) is 11.5. The molecule has 0 bridgehead atoms. The van der Waals surface area contributed by atoms with Crippen molar-refractivity contribution in [3.63, 3.8) is 0 Å². The number of hydrogen-bond donors (Lipinski definition) is 1. The van der Waals surface area contributed by atoms with Crippen LogP contribution in [-0.4, -0.2) is 35.6 Å². The summed E-state index contributed by atoms with van der Waals surface area (Å²) in [6.45, 7) is 5.30. The Bertz CT molecular complexity index is 232. The molecule has 0 saturated heterocycles. The predicted molar refractivity (Wildman–Crippen MR) is 69.7 cm³/mol. The summed E-state index contributed by atoms with van der Waals surface area (Å²) >= 11 is 0. The van der Waals surface area contributed by atoms with Gasteiger partial charge in [-0.3, -0.25) is 4.79 Å². The van der Waals surface area contributed by atoms with E-state index in [9.17, 15) is 9.90 Å². The van der Waals surface area contributed by atoms with Gasteiger partial charge in [-0.2, -0.15) is 0 Å². The molecule has 1 N–H and O–H groups in total. The van der Waals surface area contributed by atoms with Crippen LogP contribution in [0.3, 0.4) is 0 Å². The highest BCUT2D eigenvalue weighted by Crippen LogP contribution is 2.25. The molecule has 0 spiro atoms. The van der Waals surface area contributed by atoms with Crippen LogP contribution >= 0.6 is 0 Å². The van der Waals surface area contributed by atoms with E-state index in [2.05, 4.69) is 13.8 Å². The third-order valence-electron chi connectivity index (χ3n) is 3.70. The highest BCUT2D eigenvalue weighted by molar-refractivity contribution is 5.78. The van der Waals surface area contributed by atoms with Crippen molar-refractivity contribution in [2.45, 2.75) is 58.5 Å². The zero-order valence-electron chi connectivity index (χ0n) is 11.5. The lowest BCUT2D eigenvalue weighted by Gasteiger charge is -2.28. The van der Waals surface area contributed by atoms with Gasteiger partial charge in [0.1, 0.15) is 0 Å². The Kier molecular flexibility index (Phi) is 5.96. The van der Waals surface area contributed by atoms with E-state index in [1.54, 1.807) is 0 Å². The molecule has 1 amide bonds. The van der Waals surface area contributed by atoms with Crippen LogP contribution in [0.25, 0.3) is 0 Å². The molecule has 3 nitrogen and oxygen atoms in total. The largest absolute Gasteiger partial charge is 0.393 e. The third-order valence-corrected chi connectivity index (χ3v) is 3.70. The summed E-state index contributed by atoms with van der Waals surface area (Å²) in [5.41, 5.74) is 0. The molecule has 0 aromatic rings. The number of amides is 1. The Morgan fingerprint density at radius 2 is 1.88 bits per heavy atom. The van der Waals surface area contributed by atoms with Gasteiger partial charge in [-0.15, -0.1) is 0 Å². The van der Waals surface area contributed by atoms with Gasteiger partial charge in [0.15, 0.2) is 0 Å². The maximum Gasteiger partial charge on any atom is 0.225 e. The molecule has 0 heterocycles. The summed E-state index contributed by atoms with van der Waals surface area (Å²) in [6, 6.07) is 0. The number of aliphatic hydroxyl groups excluding tert-OH is 1. The van der Waals surface area contributed by atoms with Crippen LogP contribution in [0.5, 0.6) is 0 Å². The van der Waals surface area contributed by atoms with Crippen molar-refractivity contribution in [2.75, 3.05) is 13.6 Å². The zero-order chi connectivity index (χ0) is 12.8. The standard InChI is InChI=1S/C14H27NO2/c1-11(2)5-4-10-15(3)14(17)12-6-8-13(16)9-7-12/h11-13,16H,4-10H2,1-3H3.